The number of thioether (sulfide) groups is 1. The van der Waals surface area contributed by atoms with Crippen LogP contribution in [0.4, 0.5) is 0 Å². The molecule has 86 valence electrons. The average Bonchev–Trinajstić information content (AvgIpc) is 2.59. The molecule has 0 bridgehead atoms. The van der Waals surface area contributed by atoms with Crippen molar-refractivity contribution in [2.75, 3.05) is 0 Å². The van der Waals surface area contributed by atoms with Crippen LogP contribution in [0.25, 0.3) is 0 Å². The van der Waals surface area contributed by atoms with Crippen molar-refractivity contribution in [2.24, 2.45) is 0 Å². The number of carbonyl (C=O) groups is 1. The number of hydrogen-bond donors (Lipinski definition) is 0. The quantitative estimate of drug-likeness (QED) is 0.784. The largest absolute Gasteiger partial charge is 0.292 e. The summed E-state index contributed by atoms with van der Waals surface area (Å²) in [4.78, 5) is 13.6. The zero-order valence-corrected chi connectivity index (χ0v) is 10.6. The van der Waals surface area contributed by atoms with Gasteiger partial charge in [-0.2, -0.15) is 5.26 Å². The fourth-order valence-electron chi connectivity index (χ4n) is 1.62. The van der Waals surface area contributed by atoms with E-state index < -0.39 is 0 Å². The predicted octanol–water partition coefficient (Wildman–Crippen LogP) is 2.33. The van der Waals surface area contributed by atoms with Crippen LogP contribution in [0.3, 0.4) is 0 Å². The van der Waals surface area contributed by atoms with Gasteiger partial charge in [0.2, 0.25) is 5.91 Å². The molecule has 1 atom stereocenters. The maximum atomic E-state index is 12.0. The molecule has 3 nitrogen and oxygen atoms in total. The summed E-state index contributed by atoms with van der Waals surface area (Å²) in [6.45, 7) is 0.493. The maximum Gasteiger partial charge on any atom is 0.242 e. The van der Waals surface area contributed by atoms with Crippen molar-refractivity contribution < 1.29 is 4.79 Å². The number of amides is 1. The Morgan fingerprint density at radius 2 is 2.12 bits per heavy atom. The lowest BCUT2D eigenvalue weighted by atomic mass is 10.2. The van der Waals surface area contributed by atoms with Crippen molar-refractivity contribution in [1.29, 1.82) is 5.26 Å². The van der Waals surface area contributed by atoms with E-state index in [-0.39, 0.29) is 17.6 Å². The van der Waals surface area contributed by atoms with Gasteiger partial charge in [-0.1, -0.05) is 54.3 Å². The van der Waals surface area contributed by atoms with Crippen molar-refractivity contribution in [3.8, 4) is 6.07 Å². The van der Waals surface area contributed by atoms with Gasteiger partial charge in [0.1, 0.15) is 9.57 Å². The van der Waals surface area contributed by atoms with Crippen LogP contribution in [0.5, 0.6) is 0 Å². The second-order valence-electron chi connectivity index (χ2n) is 3.64. The lowest BCUT2D eigenvalue weighted by Crippen LogP contribution is -2.30. The highest BCUT2D eigenvalue weighted by Crippen LogP contribution is 2.30. The number of hydrogen-bond acceptors (Lipinski definition) is 4. The van der Waals surface area contributed by atoms with Gasteiger partial charge in [0.15, 0.2) is 0 Å². The first-order chi connectivity index (χ1) is 8.22. The Morgan fingerprint density at radius 1 is 1.41 bits per heavy atom. The Bertz CT molecular complexity index is 481. The summed E-state index contributed by atoms with van der Waals surface area (Å²) >= 11 is 6.48. The number of carbonyl (C=O) groups excluding carboxylic acids is 1. The topological polar surface area (TPSA) is 44.1 Å². The first kappa shape index (κ1) is 12.1. The molecule has 1 unspecified atom stereocenters. The molecule has 1 heterocycles. The van der Waals surface area contributed by atoms with Crippen molar-refractivity contribution in [3.05, 3.63) is 35.9 Å². The zero-order valence-electron chi connectivity index (χ0n) is 9.00. The summed E-state index contributed by atoms with van der Waals surface area (Å²) in [6.07, 6.45) is 0.217. The lowest BCUT2D eigenvalue weighted by Gasteiger charge is -2.15. The molecule has 0 radical (unpaired) electrons. The van der Waals surface area contributed by atoms with Gasteiger partial charge in [-0.25, -0.2) is 0 Å². The van der Waals surface area contributed by atoms with E-state index in [4.69, 9.17) is 17.5 Å². The van der Waals surface area contributed by atoms with Gasteiger partial charge in [0.25, 0.3) is 0 Å². The summed E-state index contributed by atoms with van der Waals surface area (Å²) < 4.78 is 0.569. The van der Waals surface area contributed by atoms with Gasteiger partial charge in [-0.15, -0.1) is 0 Å². The zero-order chi connectivity index (χ0) is 12.3. The Balaban J connectivity index is 2.10. The molecule has 5 heteroatoms. The Morgan fingerprint density at radius 3 is 2.76 bits per heavy atom. The molecule has 1 fully saturated rings. The van der Waals surface area contributed by atoms with Crippen LogP contribution in [0, 0.1) is 11.3 Å². The molecule has 1 aliphatic heterocycles. The summed E-state index contributed by atoms with van der Waals surface area (Å²) in [5, 5.41) is 8.31. The second-order valence-corrected chi connectivity index (χ2v) is 5.48. The van der Waals surface area contributed by atoms with Crippen LogP contribution >= 0.6 is 24.0 Å². The third kappa shape index (κ3) is 2.65. The first-order valence-corrected chi connectivity index (χ1v) is 6.44. The smallest absolute Gasteiger partial charge is 0.242 e. The highest BCUT2D eigenvalue weighted by molar-refractivity contribution is 8.24. The van der Waals surface area contributed by atoms with Crippen LogP contribution in [0.2, 0.25) is 0 Å². The minimum Gasteiger partial charge on any atom is -0.292 e. The predicted molar refractivity (Wildman–Crippen MR) is 71.2 cm³/mol. The van der Waals surface area contributed by atoms with E-state index >= 15 is 0 Å². The van der Waals surface area contributed by atoms with E-state index in [9.17, 15) is 4.79 Å². The van der Waals surface area contributed by atoms with E-state index in [1.807, 2.05) is 36.4 Å². The Hall–Kier alpha value is -1.38. The number of rotatable bonds is 3. The molecule has 1 aromatic carbocycles. The molecule has 0 aliphatic carbocycles. The molecule has 2 rings (SSSR count). The highest BCUT2D eigenvalue weighted by Gasteiger charge is 2.36. The summed E-state index contributed by atoms with van der Waals surface area (Å²) in [5.41, 5.74) is 1.04. The second kappa shape index (κ2) is 5.30. The minimum atomic E-state index is -0.323. The van der Waals surface area contributed by atoms with Gasteiger partial charge in [-0.05, 0) is 5.56 Å². The highest BCUT2D eigenvalue weighted by atomic mass is 32.2. The molecule has 1 amide bonds. The first-order valence-electron chi connectivity index (χ1n) is 5.15. The minimum absolute atomic E-state index is 0.0506. The van der Waals surface area contributed by atoms with Crippen molar-refractivity contribution in [3.63, 3.8) is 0 Å². The summed E-state index contributed by atoms with van der Waals surface area (Å²) in [6, 6.07) is 11.7. The molecule has 0 saturated carbocycles. The fraction of sp³-hybridized carbons (Fsp3) is 0.250. The van der Waals surface area contributed by atoms with Crippen molar-refractivity contribution in [2.45, 2.75) is 18.2 Å². The van der Waals surface area contributed by atoms with E-state index in [0.717, 1.165) is 5.56 Å². The number of nitrogens with zero attached hydrogens (tertiary/aromatic N) is 2. The van der Waals surface area contributed by atoms with Crippen LogP contribution in [-0.4, -0.2) is 20.4 Å². The third-order valence-electron chi connectivity index (χ3n) is 2.47. The fourth-order valence-corrected chi connectivity index (χ4v) is 3.03. The molecular formula is C12H10N2OS2. The monoisotopic (exact) mass is 262 g/mol. The van der Waals surface area contributed by atoms with Crippen LogP contribution in [0.15, 0.2) is 30.3 Å². The van der Waals surface area contributed by atoms with E-state index in [1.54, 1.807) is 4.90 Å². The molecule has 17 heavy (non-hydrogen) atoms. The van der Waals surface area contributed by atoms with E-state index in [2.05, 4.69) is 0 Å². The molecule has 1 aromatic rings. The van der Waals surface area contributed by atoms with Crippen molar-refractivity contribution >= 4 is 34.2 Å². The Kier molecular flexibility index (Phi) is 3.77. The SMILES string of the molecule is N#CCC1SC(=S)N(Cc2ccccc2)C1=O. The molecule has 0 aromatic heterocycles. The van der Waals surface area contributed by atoms with Crippen LogP contribution in [-0.2, 0) is 11.3 Å². The lowest BCUT2D eigenvalue weighted by molar-refractivity contribution is -0.126. The standard InChI is InChI=1S/C12H10N2OS2/c13-7-6-10-11(15)14(12(16)17-10)8-9-4-2-1-3-5-9/h1-5,10H,6,8H2. The van der Waals surface area contributed by atoms with Crippen molar-refractivity contribution in [1.82, 2.24) is 4.90 Å². The van der Waals surface area contributed by atoms with Gasteiger partial charge < -0.3 is 0 Å². The van der Waals surface area contributed by atoms with E-state index in [0.29, 0.717) is 10.9 Å². The normalized spacial score (nSPS) is 19.5. The van der Waals surface area contributed by atoms with E-state index in [1.165, 1.54) is 11.8 Å². The summed E-state index contributed by atoms with van der Waals surface area (Å²) in [7, 11) is 0. The van der Waals surface area contributed by atoms with Crippen LogP contribution in [0.1, 0.15) is 12.0 Å². The number of nitriles is 1. The molecule has 1 saturated heterocycles. The summed E-state index contributed by atoms with van der Waals surface area (Å²) in [5.74, 6) is -0.0506. The number of thiocarbonyl (C=S) groups is 1. The Labute approximate surface area is 109 Å². The van der Waals surface area contributed by atoms with Gasteiger partial charge in [0.05, 0.1) is 19.0 Å². The molecule has 0 spiro atoms. The van der Waals surface area contributed by atoms with Gasteiger partial charge in [-0.3, -0.25) is 9.69 Å². The molecule has 1 aliphatic rings. The third-order valence-corrected chi connectivity index (χ3v) is 4.05. The van der Waals surface area contributed by atoms with Gasteiger partial charge in [0, 0.05) is 0 Å². The molecule has 0 N–H and O–H groups in total. The maximum absolute atomic E-state index is 12.0. The van der Waals surface area contributed by atoms with Gasteiger partial charge >= 0.3 is 0 Å². The average molecular weight is 262 g/mol. The van der Waals surface area contributed by atoms with Crippen LogP contribution < -0.4 is 0 Å². The number of benzene rings is 1. The molecular weight excluding hydrogens is 252 g/mol.